The van der Waals surface area contributed by atoms with Gasteiger partial charge in [-0.05, 0) is 57.6 Å². The van der Waals surface area contributed by atoms with Crippen molar-refractivity contribution >= 4 is 11.6 Å². The molecular weight excluding hydrogens is 268 g/mol. The largest absolute Gasteiger partial charge is 0.233 e. The van der Waals surface area contributed by atoms with Crippen LogP contribution in [-0.2, 0) is 12.8 Å². The lowest BCUT2D eigenvalue weighted by atomic mass is 9.96. The third-order valence-electron chi connectivity index (χ3n) is 4.03. The van der Waals surface area contributed by atoms with Gasteiger partial charge in [0.05, 0.1) is 0 Å². The fourth-order valence-corrected chi connectivity index (χ4v) is 3.48. The molecule has 2 nitrogen and oxygen atoms in total. The van der Waals surface area contributed by atoms with Gasteiger partial charge >= 0.3 is 0 Å². The fourth-order valence-electron chi connectivity index (χ4n) is 3.19. The summed E-state index contributed by atoms with van der Waals surface area (Å²) in [4.78, 5) is 9.36. The normalized spacial score (nSPS) is 14.2. The van der Waals surface area contributed by atoms with E-state index in [0.29, 0.717) is 5.15 Å². The zero-order chi connectivity index (χ0) is 14.3. The summed E-state index contributed by atoms with van der Waals surface area (Å²) in [6.07, 6.45) is 4.43. The predicted molar refractivity (Wildman–Crippen MR) is 83.3 cm³/mol. The molecule has 20 heavy (non-hydrogen) atoms. The number of nitrogens with zero attached hydrogens (tertiary/aromatic N) is 2. The van der Waals surface area contributed by atoms with E-state index < -0.39 is 0 Å². The SMILES string of the molecule is Cc1cc(C)c(-c2nc(Cl)c3c(n2)CCCC3)c(C)c1. The zero-order valence-electron chi connectivity index (χ0n) is 12.3. The summed E-state index contributed by atoms with van der Waals surface area (Å²) in [5.41, 5.74) is 7.14. The highest BCUT2D eigenvalue weighted by atomic mass is 35.5. The van der Waals surface area contributed by atoms with Gasteiger partial charge in [0.2, 0.25) is 0 Å². The van der Waals surface area contributed by atoms with Crippen LogP contribution in [-0.4, -0.2) is 9.97 Å². The van der Waals surface area contributed by atoms with E-state index in [-0.39, 0.29) is 0 Å². The Morgan fingerprint density at radius 2 is 1.60 bits per heavy atom. The van der Waals surface area contributed by atoms with Crippen molar-refractivity contribution in [1.29, 1.82) is 0 Å². The Balaban J connectivity index is 2.18. The third-order valence-corrected chi connectivity index (χ3v) is 4.35. The summed E-state index contributed by atoms with van der Waals surface area (Å²) in [6, 6.07) is 4.36. The average Bonchev–Trinajstić information content (AvgIpc) is 2.37. The van der Waals surface area contributed by atoms with Crippen LogP contribution in [0.5, 0.6) is 0 Å². The molecule has 1 aliphatic carbocycles. The molecule has 1 aromatic carbocycles. The Bertz CT molecular complexity index is 654. The molecule has 3 rings (SSSR count). The van der Waals surface area contributed by atoms with Crippen LogP contribution < -0.4 is 0 Å². The topological polar surface area (TPSA) is 25.8 Å². The maximum absolute atomic E-state index is 6.38. The molecule has 0 spiro atoms. The lowest BCUT2D eigenvalue weighted by Gasteiger charge is -2.18. The van der Waals surface area contributed by atoms with Gasteiger partial charge in [-0.25, -0.2) is 9.97 Å². The fraction of sp³-hybridized carbons (Fsp3) is 0.412. The number of hydrogen-bond acceptors (Lipinski definition) is 2. The summed E-state index contributed by atoms with van der Waals surface area (Å²) in [5, 5.41) is 0.643. The van der Waals surface area contributed by atoms with E-state index in [2.05, 4.69) is 37.9 Å². The Hall–Kier alpha value is -1.41. The molecule has 0 N–H and O–H groups in total. The number of aromatic nitrogens is 2. The molecule has 0 saturated heterocycles. The maximum atomic E-state index is 6.38. The molecule has 0 unspecified atom stereocenters. The van der Waals surface area contributed by atoms with Crippen LogP contribution in [0.2, 0.25) is 5.15 Å². The van der Waals surface area contributed by atoms with Crippen molar-refractivity contribution in [3.05, 3.63) is 45.2 Å². The average molecular weight is 287 g/mol. The van der Waals surface area contributed by atoms with Gasteiger partial charge in [0, 0.05) is 16.8 Å². The molecular formula is C17H19ClN2. The summed E-state index contributed by atoms with van der Waals surface area (Å²) >= 11 is 6.38. The quantitative estimate of drug-likeness (QED) is 0.716. The Morgan fingerprint density at radius 1 is 0.950 bits per heavy atom. The zero-order valence-corrected chi connectivity index (χ0v) is 13.0. The minimum atomic E-state index is 0.643. The van der Waals surface area contributed by atoms with Crippen molar-refractivity contribution in [1.82, 2.24) is 9.97 Å². The van der Waals surface area contributed by atoms with Crippen molar-refractivity contribution < 1.29 is 0 Å². The van der Waals surface area contributed by atoms with Gasteiger partial charge in [0.25, 0.3) is 0 Å². The van der Waals surface area contributed by atoms with E-state index >= 15 is 0 Å². The van der Waals surface area contributed by atoms with Gasteiger partial charge in [-0.3, -0.25) is 0 Å². The summed E-state index contributed by atoms with van der Waals surface area (Å²) in [5.74, 6) is 0.783. The molecule has 1 heterocycles. The smallest absolute Gasteiger partial charge is 0.161 e. The molecule has 0 fully saturated rings. The Kier molecular flexibility index (Phi) is 3.51. The van der Waals surface area contributed by atoms with E-state index in [4.69, 9.17) is 16.6 Å². The minimum absolute atomic E-state index is 0.643. The van der Waals surface area contributed by atoms with Crippen molar-refractivity contribution in [2.45, 2.75) is 46.5 Å². The van der Waals surface area contributed by atoms with E-state index in [1.165, 1.54) is 29.5 Å². The van der Waals surface area contributed by atoms with Gasteiger partial charge in [0.1, 0.15) is 5.15 Å². The monoisotopic (exact) mass is 286 g/mol. The van der Waals surface area contributed by atoms with Crippen molar-refractivity contribution in [3.63, 3.8) is 0 Å². The van der Waals surface area contributed by atoms with Crippen LogP contribution in [0.15, 0.2) is 12.1 Å². The van der Waals surface area contributed by atoms with Crippen LogP contribution in [0.1, 0.15) is 40.8 Å². The molecule has 0 amide bonds. The lowest BCUT2D eigenvalue weighted by Crippen LogP contribution is -2.09. The van der Waals surface area contributed by atoms with Crippen molar-refractivity contribution in [2.75, 3.05) is 0 Å². The molecule has 104 valence electrons. The number of hydrogen-bond donors (Lipinski definition) is 0. The molecule has 3 heteroatoms. The number of halogens is 1. The van der Waals surface area contributed by atoms with Crippen molar-refractivity contribution in [2.24, 2.45) is 0 Å². The molecule has 0 radical (unpaired) electrons. The first kappa shape index (κ1) is 13.6. The summed E-state index contributed by atoms with van der Waals surface area (Å²) in [7, 11) is 0. The number of aryl methyl sites for hydroxylation is 4. The first-order valence-electron chi connectivity index (χ1n) is 7.20. The molecule has 0 atom stereocenters. The van der Waals surface area contributed by atoms with E-state index in [0.717, 1.165) is 35.5 Å². The molecule has 1 aliphatic rings. The predicted octanol–water partition coefficient (Wildman–Crippen LogP) is 4.60. The molecule has 0 saturated carbocycles. The van der Waals surface area contributed by atoms with Crippen LogP contribution in [0.25, 0.3) is 11.4 Å². The van der Waals surface area contributed by atoms with Crippen molar-refractivity contribution in [3.8, 4) is 11.4 Å². The van der Waals surface area contributed by atoms with E-state index in [1.807, 2.05) is 0 Å². The summed E-state index contributed by atoms with van der Waals surface area (Å²) in [6.45, 7) is 6.35. The first-order chi connectivity index (χ1) is 9.56. The lowest BCUT2D eigenvalue weighted by molar-refractivity contribution is 0.663. The number of benzene rings is 1. The second-order valence-corrected chi connectivity index (χ2v) is 6.10. The highest BCUT2D eigenvalue weighted by molar-refractivity contribution is 6.30. The van der Waals surface area contributed by atoms with Crippen LogP contribution in [0.4, 0.5) is 0 Å². The summed E-state index contributed by atoms with van der Waals surface area (Å²) < 4.78 is 0. The first-order valence-corrected chi connectivity index (χ1v) is 7.57. The van der Waals surface area contributed by atoms with Gasteiger partial charge in [-0.2, -0.15) is 0 Å². The third kappa shape index (κ3) is 2.33. The van der Waals surface area contributed by atoms with Crippen LogP contribution in [0.3, 0.4) is 0 Å². The van der Waals surface area contributed by atoms with Gasteiger partial charge < -0.3 is 0 Å². The van der Waals surface area contributed by atoms with Crippen LogP contribution in [0, 0.1) is 20.8 Å². The van der Waals surface area contributed by atoms with E-state index in [1.54, 1.807) is 0 Å². The number of fused-ring (bicyclic) bond motifs is 1. The standard InChI is InChI=1S/C17H19ClN2/c1-10-8-11(2)15(12(3)9-10)17-19-14-7-5-4-6-13(14)16(18)20-17/h8-9H,4-7H2,1-3H3. The Labute approximate surface area is 125 Å². The van der Waals surface area contributed by atoms with Crippen LogP contribution >= 0.6 is 11.6 Å². The second kappa shape index (κ2) is 5.17. The Morgan fingerprint density at radius 3 is 2.30 bits per heavy atom. The highest BCUT2D eigenvalue weighted by Gasteiger charge is 2.19. The van der Waals surface area contributed by atoms with Gasteiger partial charge in [-0.15, -0.1) is 0 Å². The highest BCUT2D eigenvalue weighted by Crippen LogP contribution is 2.31. The maximum Gasteiger partial charge on any atom is 0.161 e. The molecule has 1 aromatic heterocycles. The second-order valence-electron chi connectivity index (χ2n) is 5.74. The molecule has 2 aromatic rings. The number of rotatable bonds is 1. The molecule has 0 bridgehead atoms. The van der Waals surface area contributed by atoms with Gasteiger partial charge in [0.15, 0.2) is 5.82 Å². The minimum Gasteiger partial charge on any atom is -0.233 e. The van der Waals surface area contributed by atoms with Gasteiger partial charge in [-0.1, -0.05) is 29.3 Å². The van der Waals surface area contributed by atoms with E-state index in [9.17, 15) is 0 Å². The molecule has 0 aliphatic heterocycles.